The number of hydrogen-bond acceptors (Lipinski definition) is 3. The maximum Gasteiger partial charge on any atom is 0.119 e. The molecule has 1 heterocycles. The topological polar surface area (TPSA) is 15.7 Å². The maximum absolute atomic E-state index is 5.46. The summed E-state index contributed by atoms with van der Waals surface area (Å²) in [5, 5.41) is 0. The molecule has 0 atom stereocenters. The van der Waals surface area contributed by atoms with Crippen LogP contribution in [0.4, 0.5) is 5.69 Å². The highest BCUT2D eigenvalue weighted by molar-refractivity contribution is 5.49. The number of anilines is 1. The van der Waals surface area contributed by atoms with E-state index in [0.717, 1.165) is 32.0 Å². The summed E-state index contributed by atoms with van der Waals surface area (Å²) >= 11 is 0. The third-order valence-corrected chi connectivity index (χ3v) is 3.23. The van der Waals surface area contributed by atoms with E-state index in [0.29, 0.717) is 0 Å². The van der Waals surface area contributed by atoms with Crippen LogP contribution < -0.4 is 9.64 Å². The maximum atomic E-state index is 5.46. The summed E-state index contributed by atoms with van der Waals surface area (Å²) < 4.78 is 5.46. The van der Waals surface area contributed by atoms with Gasteiger partial charge in [0.05, 0.1) is 6.61 Å². The van der Waals surface area contributed by atoms with Crippen molar-refractivity contribution in [2.24, 2.45) is 0 Å². The lowest BCUT2D eigenvalue weighted by Crippen LogP contribution is -2.28. The molecule has 17 heavy (non-hydrogen) atoms. The Morgan fingerprint density at radius 3 is 2.53 bits per heavy atom. The van der Waals surface area contributed by atoms with E-state index in [2.05, 4.69) is 41.1 Å². The molecule has 94 valence electrons. The molecule has 1 aliphatic rings. The monoisotopic (exact) mass is 234 g/mol. The molecule has 0 N–H and O–H groups in total. The molecule has 0 amide bonds. The highest BCUT2D eigenvalue weighted by Gasteiger charge is 2.12. The van der Waals surface area contributed by atoms with Crippen LogP contribution in [0.2, 0.25) is 0 Å². The Morgan fingerprint density at radius 2 is 1.82 bits per heavy atom. The van der Waals surface area contributed by atoms with Crippen molar-refractivity contribution in [3.05, 3.63) is 24.3 Å². The van der Waals surface area contributed by atoms with E-state index in [9.17, 15) is 0 Å². The van der Waals surface area contributed by atoms with Gasteiger partial charge in [0.2, 0.25) is 0 Å². The molecule has 1 aromatic carbocycles. The number of benzene rings is 1. The number of rotatable bonds is 3. The molecule has 1 aromatic rings. The van der Waals surface area contributed by atoms with Gasteiger partial charge < -0.3 is 14.5 Å². The highest BCUT2D eigenvalue weighted by Crippen LogP contribution is 2.20. The van der Waals surface area contributed by atoms with E-state index in [4.69, 9.17) is 4.74 Å². The molecule has 0 spiro atoms. The third-order valence-electron chi connectivity index (χ3n) is 3.23. The van der Waals surface area contributed by atoms with Gasteiger partial charge in [0.15, 0.2) is 0 Å². The minimum atomic E-state index is 0.730. The predicted octanol–water partition coefficient (Wildman–Crippen LogP) is 2.23. The smallest absolute Gasteiger partial charge is 0.119 e. The van der Waals surface area contributed by atoms with Gasteiger partial charge in [0.1, 0.15) is 5.75 Å². The zero-order chi connectivity index (χ0) is 12.1. The molecule has 0 bridgehead atoms. The first kappa shape index (κ1) is 12.2. The van der Waals surface area contributed by atoms with E-state index in [1.807, 2.05) is 6.92 Å². The Morgan fingerprint density at radius 1 is 1.06 bits per heavy atom. The first-order valence-corrected chi connectivity index (χ1v) is 6.46. The summed E-state index contributed by atoms with van der Waals surface area (Å²) in [5.74, 6) is 0.961. The molecule has 0 aromatic heterocycles. The summed E-state index contributed by atoms with van der Waals surface area (Å²) in [6.45, 7) is 7.36. The average molecular weight is 234 g/mol. The van der Waals surface area contributed by atoms with Crippen molar-refractivity contribution in [2.75, 3.05) is 44.7 Å². The van der Waals surface area contributed by atoms with Crippen LogP contribution in [0.15, 0.2) is 24.3 Å². The van der Waals surface area contributed by atoms with Gasteiger partial charge in [-0.25, -0.2) is 0 Å². The van der Waals surface area contributed by atoms with Crippen molar-refractivity contribution >= 4 is 5.69 Å². The Hall–Kier alpha value is -1.22. The fraction of sp³-hybridized carbons (Fsp3) is 0.571. The van der Waals surface area contributed by atoms with Crippen LogP contribution >= 0.6 is 0 Å². The average Bonchev–Trinajstić information content (AvgIpc) is 2.56. The highest BCUT2D eigenvalue weighted by atomic mass is 16.5. The number of ether oxygens (including phenoxy) is 1. The number of nitrogens with zero attached hydrogens (tertiary/aromatic N) is 2. The molecule has 3 heteroatoms. The quantitative estimate of drug-likeness (QED) is 0.797. The van der Waals surface area contributed by atoms with Gasteiger partial charge >= 0.3 is 0 Å². The first-order chi connectivity index (χ1) is 8.29. The van der Waals surface area contributed by atoms with Crippen LogP contribution in [0.1, 0.15) is 13.3 Å². The number of hydrogen-bond donors (Lipinski definition) is 0. The standard InChI is InChI=1S/C14H22N2O/c1-3-17-14-7-5-13(6-8-14)16-10-4-9-15(2)11-12-16/h5-8H,3-4,9-12H2,1-2H3. The lowest BCUT2D eigenvalue weighted by molar-refractivity contribution is 0.340. The van der Waals surface area contributed by atoms with E-state index in [1.54, 1.807) is 0 Å². The summed E-state index contributed by atoms with van der Waals surface area (Å²) in [6.07, 6.45) is 1.24. The molecular formula is C14H22N2O. The van der Waals surface area contributed by atoms with Crippen LogP contribution in [-0.4, -0.2) is 44.7 Å². The molecule has 1 fully saturated rings. The van der Waals surface area contributed by atoms with Crippen LogP contribution in [0.5, 0.6) is 5.75 Å². The van der Waals surface area contributed by atoms with Gasteiger partial charge in [-0.1, -0.05) is 0 Å². The van der Waals surface area contributed by atoms with Crippen LogP contribution in [-0.2, 0) is 0 Å². The second-order valence-corrected chi connectivity index (χ2v) is 4.57. The van der Waals surface area contributed by atoms with Crippen molar-refractivity contribution < 1.29 is 4.74 Å². The second-order valence-electron chi connectivity index (χ2n) is 4.57. The molecule has 0 radical (unpaired) electrons. The van der Waals surface area contributed by atoms with Gasteiger partial charge in [0, 0.05) is 25.3 Å². The van der Waals surface area contributed by atoms with E-state index in [1.165, 1.54) is 18.7 Å². The molecule has 0 unspecified atom stereocenters. The largest absolute Gasteiger partial charge is 0.494 e. The van der Waals surface area contributed by atoms with E-state index < -0.39 is 0 Å². The fourth-order valence-electron chi connectivity index (χ4n) is 2.22. The van der Waals surface area contributed by atoms with E-state index in [-0.39, 0.29) is 0 Å². The van der Waals surface area contributed by atoms with Crippen LogP contribution in [0.25, 0.3) is 0 Å². The van der Waals surface area contributed by atoms with Crippen molar-refractivity contribution in [2.45, 2.75) is 13.3 Å². The van der Waals surface area contributed by atoms with Gasteiger partial charge in [-0.3, -0.25) is 0 Å². The zero-order valence-corrected chi connectivity index (χ0v) is 10.9. The molecular weight excluding hydrogens is 212 g/mol. The molecule has 0 aliphatic carbocycles. The van der Waals surface area contributed by atoms with E-state index >= 15 is 0 Å². The summed E-state index contributed by atoms with van der Waals surface area (Å²) in [4.78, 5) is 4.85. The Bertz CT molecular complexity index is 337. The van der Waals surface area contributed by atoms with Gasteiger partial charge in [-0.05, 0) is 51.2 Å². The zero-order valence-electron chi connectivity index (χ0n) is 10.9. The SMILES string of the molecule is CCOc1ccc(N2CCCN(C)CC2)cc1. The van der Waals surface area contributed by atoms with Crippen molar-refractivity contribution in [3.8, 4) is 5.75 Å². The van der Waals surface area contributed by atoms with Crippen molar-refractivity contribution in [1.82, 2.24) is 4.90 Å². The lowest BCUT2D eigenvalue weighted by atomic mass is 10.2. The summed E-state index contributed by atoms with van der Waals surface area (Å²) in [5.41, 5.74) is 1.31. The van der Waals surface area contributed by atoms with Crippen molar-refractivity contribution in [3.63, 3.8) is 0 Å². The normalized spacial score (nSPS) is 17.9. The number of likely N-dealkylation sites (N-methyl/N-ethyl adjacent to an activating group) is 1. The van der Waals surface area contributed by atoms with Gasteiger partial charge in [-0.15, -0.1) is 0 Å². The van der Waals surface area contributed by atoms with Gasteiger partial charge in [0.25, 0.3) is 0 Å². The first-order valence-electron chi connectivity index (χ1n) is 6.46. The molecule has 3 nitrogen and oxygen atoms in total. The Labute approximate surface area is 104 Å². The van der Waals surface area contributed by atoms with Crippen LogP contribution in [0.3, 0.4) is 0 Å². The predicted molar refractivity (Wildman–Crippen MR) is 71.9 cm³/mol. The summed E-state index contributed by atoms with van der Waals surface area (Å²) in [6, 6.07) is 8.45. The third kappa shape index (κ3) is 3.37. The minimum Gasteiger partial charge on any atom is -0.494 e. The molecule has 1 saturated heterocycles. The lowest BCUT2D eigenvalue weighted by Gasteiger charge is -2.23. The Balaban J connectivity index is 2.00. The molecule has 2 rings (SSSR count). The molecule has 0 saturated carbocycles. The molecule has 1 aliphatic heterocycles. The second kappa shape index (κ2) is 5.92. The summed E-state index contributed by atoms with van der Waals surface area (Å²) in [7, 11) is 2.20. The van der Waals surface area contributed by atoms with Gasteiger partial charge in [-0.2, -0.15) is 0 Å². The fourth-order valence-corrected chi connectivity index (χ4v) is 2.22. The van der Waals surface area contributed by atoms with Crippen molar-refractivity contribution in [1.29, 1.82) is 0 Å². The minimum absolute atomic E-state index is 0.730. The van der Waals surface area contributed by atoms with Crippen LogP contribution in [0, 0.1) is 0 Å². The Kier molecular flexibility index (Phi) is 4.26.